The van der Waals surface area contributed by atoms with Crippen LogP contribution in [0.1, 0.15) is 30.0 Å². The van der Waals surface area contributed by atoms with Crippen molar-refractivity contribution < 1.29 is 18.7 Å². The van der Waals surface area contributed by atoms with Crippen molar-refractivity contribution in [3.05, 3.63) is 101 Å². The highest BCUT2D eigenvalue weighted by atomic mass is 19.1. The molecule has 5 nitrogen and oxygen atoms in total. The van der Waals surface area contributed by atoms with E-state index in [9.17, 15) is 14.0 Å². The van der Waals surface area contributed by atoms with E-state index in [1.165, 1.54) is 11.0 Å². The number of benzene rings is 3. The largest absolute Gasteiger partial charge is 0.484 e. The second kappa shape index (κ2) is 12.5. The van der Waals surface area contributed by atoms with Gasteiger partial charge in [0.25, 0.3) is 5.91 Å². The van der Waals surface area contributed by atoms with Crippen LogP contribution in [0.25, 0.3) is 0 Å². The van der Waals surface area contributed by atoms with Gasteiger partial charge in [0.05, 0.1) is 0 Å². The highest BCUT2D eigenvalue weighted by Crippen LogP contribution is 2.18. The van der Waals surface area contributed by atoms with Gasteiger partial charge >= 0.3 is 0 Å². The first-order valence-electron chi connectivity index (χ1n) is 11.5. The molecule has 1 atom stereocenters. The molecular weight excluding hydrogens is 431 g/mol. The molecule has 0 bridgehead atoms. The first-order chi connectivity index (χ1) is 16.5. The predicted molar refractivity (Wildman–Crippen MR) is 131 cm³/mol. The Hall–Kier alpha value is -3.67. The molecule has 3 aromatic carbocycles. The van der Waals surface area contributed by atoms with Gasteiger partial charge < -0.3 is 15.0 Å². The standard InChI is InChI=1S/C28H31FN2O3/c1-3-16-30-28(33)26(18-22-11-5-4-6-12-22)31(19-23-13-7-8-15-25(23)29)27(32)20-34-24-14-9-10-21(2)17-24/h4-15,17,26H,3,16,18-20H2,1-2H3,(H,30,33)/t26-/m0/s1. The summed E-state index contributed by atoms with van der Waals surface area (Å²) >= 11 is 0. The summed E-state index contributed by atoms with van der Waals surface area (Å²) in [5.41, 5.74) is 2.26. The number of hydrogen-bond acceptors (Lipinski definition) is 3. The van der Waals surface area contributed by atoms with Gasteiger partial charge in [0.1, 0.15) is 17.6 Å². The van der Waals surface area contributed by atoms with Crippen molar-refractivity contribution in [2.75, 3.05) is 13.2 Å². The molecule has 0 saturated carbocycles. The van der Waals surface area contributed by atoms with Gasteiger partial charge in [-0.3, -0.25) is 9.59 Å². The summed E-state index contributed by atoms with van der Waals surface area (Å²) < 4.78 is 20.3. The molecule has 1 N–H and O–H groups in total. The van der Waals surface area contributed by atoms with Gasteiger partial charge in [0.2, 0.25) is 5.91 Å². The topological polar surface area (TPSA) is 58.6 Å². The average molecular weight is 463 g/mol. The Bertz CT molecular complexity index is 1090. The van der Waals surface area contributed by atoms with Crippen molar-refractivity contribution in [2.24, 2.45) is 0 Å². The molecule has 0 spiro atoms. The fourth-order valence-electron chi connectivity index (χ4n) is 3.66. The molecule has 3 aromatic rings. The smallest absolute Gasteiger partial charge is 0.261 e. The van der Waals surface area contributed by atoms with E-state index >= 15 is 0 Å². The van der Waals surface area contributed by atoms with Gasteiger partial charge in [0, 0.05) is 25.1 Å². The van der Waals surface area contributed by atoms with Gasteiger partial charge in [-0.1, -0.05) is 67.6 Å². The fourth-order valence-corrected chi connectivity index (χ4v) is 3.66. The Morgan fingerprint density at radius 2 is 1.74 bits per heavy atom. The molecule has 0 saturated heterocycles. The van der Waals surface area contributed by atoms with E-state index in [1.54, 1.807) is 24.3 Å². The van der Waals surface area contributed by atoms with Crippen LogP contribution in [0.15, 0.2) is 78.9 Å². The van der Waals surface area contributed by atoms with Crippen LogP contribution in [-0.2, 0) is 22.6 Å². The monoisotopic (exact) mass is 462 g/mol. The van der Waals surface area contributed by atoms with Crippen LogP contribution in [0.4, 0.5) is 4.39 Å². The van der Waals surface area contributed by atoms with Crippen molar-refractivity contribution in [3.8, 4) is 5.75 Å². The lowest BCUT2D eigenvalue weighted by Crippen LogP contribution is -2.51. The maximum atomic E-state index is 14.5. The van der Waals surface area contributed by atoms with E-state index in [2.05, 4.69) is 5.32 Å². The number of hydrogen-bond donors (Lipinski definition) is 1. The lowest BCUT2D eigenvalue weighted by Gasteiger charge is -2.31. The minimum atomic E-state index is -0.817. The van der Waals surface area contributed by atoms with Gasteiger partial charge in [-0.05, 0) is 42.7 Å². The molecule has 0 fully saturated rings. The number of amides is 2. The molecule has 0 unspecified atom stereocenters. The number of aryl methyl sites for hydroxylation is 1. The Kier molecular flexibility index (Phi) is 9.21. The third kappa shape index (κ3) is 7.17. The zero-order chi connectivity index (χ0) is 24.3. The maximum Gasteiger partial charge on any atom is 0.261 e. The van der Waals surface area contributed by atoms with Crippen LogP contribution in [0.3, 0.4) is 0 Å². The van der Waals surface area contributed by atoms with Crippen molar-refractivity contribution >= 4 is 11.8 Å². The first kappa shape index (κ1) is 25.0. The van der Waals surface area contributed by atoms with Crippen LogP contribution in [0.2, 0.25) is 0 Å². The lowest BCUT2D eigenvalue weighted by atomic mass is 10.0. The molecular formula is C28H31FN2O3. The third-order valence-corrected chi connectivity index (χ3v) is 5.47. The summed E-state index contributed by atoms with van der Waals surface area (Å²) in [5.74, 6) is -0.523. The summed E-state index contributed by atoms with van der Waals surface area (Å²) in [6.07, 6.45) is 1.07. The first-order valence-corrected chi connectivity index (χ1v) is 11.5. The van der Waals surface area contributed by atoms with E-state index in [0.717, 1.165) is 17.5 Å². The van der Waals surface area contributed by atoms with E-state index in [0.29, 0.717) is 24.3 Å². The number of ether oxygens (including phenoxy) is 1. The van der Waals surface area contributed by atoms with E-state index < -0.39 is 17.8 Å². The van der Waals surface area contributed by atoms with Crippen molar-refractivity contribution in [3.63, 3.8) is 0 Å². The molecule has 34 heavy (non-hydrogen) atoms. The van der Waals surface area contributed by atoms with Crippen molar-refractivity contribution in [1.82, 2.24) is 10.2 Å². The fraction of sp³-hybridized carbons (Fsp3) is 0.286. The molecule has 2 amide bonds. The Labute approximate surface area is 200 Å². The van der Waals surface area contributed by atoms with Crippen LogP contribution >= 0.6 is 0 Å². The lowest BCUT2D eigenvalue weighted by molar-refractivity contribution is -0.142. The minimum absolute atomic E-state index is 0.0419. The molecule has 3 rings (SSSR count). The van der Waals surface area contributed by atoms with Crippen LogP contribution in [-0.4, -0.2) is 35.9 Å². The van der Waals surface area contributed by atoms with Gasteiger partial charge in [-0.2, -0.15) is 0 Å². The summed E-state index contributed by atoms with van der Waals surface area (Å²) in [4.78, 5) is 28.1. The molecule has 6 heteroatoms. The van der Waals surface area contributed by atoms with Gasteiger partial charge in [0.15, 0.2) is 6.61 Å². The number of nitrogens with one attached hydrogen (secondary N) is 1. The molecule has 0 aliphatic carbocycles. The van der Waals surface area contributed by atoms with E-state index in [1.807, 2.05) is 62.4 Å². The van der Waals surface area contributed by atoms with E-state index in [-0.39, 0.29) is 19.1 Å². The zero-order valence-corrected chi connectivity index (χ0v) is 19.7. The van der Waals surface area contributed by atoms with Crippen LogP contribution in [0.5, 0.6) is 5.75 Å². The van der Waals surface area contributed by atoms with Crippen molar-refractivity contribution in [1.29, 1.82) is 0 Å². The molecule has 178 valence electrons. The Morgan fingerprint density at radius 1 is 1.00 bits per heavy atom. The minimum Gasteiger partial charge on any atom is -0.484 e. The zero-order valence-electron chi connectivity index (χ0n) is 19.7. The molecule has 0 aliphatic heterocycles. The molecule has 0 aromatic heterocycles. The molecule has 0 aliphatic rings. The highest BCUT2D eigenvalue weighted by molar-refractivity contribution is 5.88. The number of nitrogens with zero attached hydrogens (tertiary/aromatic N) is 1. The average Bonchev–Trinajstić information content (AvgIpc) is 2.85. The van der Waals surface area contributed by atoms with E-state index in [4.69, 9.17) is 4.74 Å². The van der Waals surface area contributed by atoms with Crippen molar-refractivity contribution in [2.45, 2.75) is 39.3 Å². The van der Waals surface area contributed by atoms with Gasteiger partial charge in [-0.25, -0.2) is 4.39 Å². The van der Waals surface area contributed by atoms with Gasteiger partial charge in [-0.15, -0.1) is 0 Å². The van der Waals surface area contributed by atoms with Crippen LogP contribution < -0.4 is 10.1 Å². The molecule has 0 radical (unpaired) electrons. The summed E-state index contributed by atoms with van der Waals surface area (Å²) in [5, 5.41) is 2.90. The van der Waals surface area contributed by atoms with Crippen LogP contribution in [0, 0.1) is 12.7 Å². The Morgan fingerprint density at radius 3 is 2.44 bits per heavy atom. The third-order valence-electron chi connectivity index (χ3n) is 5.47. The normalized spacial score (nSPS) is 11.5. The summed E-state index contributed by atoms with van der Waals surface area (Å²) in [6.45, 7) is 4.09. The second-order valence-corrected chi connectivity index (χ2v) is 8.21. The Balaban J connectivity index is 1.90. The predicted octanol–water partition coefficient (Wildman–Crippen LogP) is 4.68. The number of carbonyl (C=O) groups excluding carboxylic acids is 2. The molecule has 0 heterocycles. The SMILES string of the molecule is CCCNC(=O)[C@H](Cc1ccccc1)N(Cc1ccccc1F)C(=O)COc1cccc(C)c1. The number of rotatable bonds is 11. The summed E-state index contributed by atoms with van der Waals surface area (Å²) in [7, 11) is 0. The number of halogens is 1. The maximum absolute atomic E-state index is 14.5. The summed E-state index contributed by atoms with van der Waals surface area (Å²) in [6, 6.07) is 22.4. The second-order valence-electron chi connectivity index (χ2n) is 8.21. The number of carbonyl (C=O) groups is 2. The quantitative estimate of drug-likeness (QED) is 0.450. The highest BCUT2D eigenvalue weighted by Gasteiger charge is 2.31.